The van der Waals surface area contributed by atoms with Crippen LogP contribution in [0.3, 0.4) is 0 Å². The molecule has 0 saturated carbocycles. The van der Waals surface area contributed by atoms with Crippen molar-refractivity contribution in [3.8, 4) is 5.75 Å². The minimum absolute atomic E-state index is 0.141. The molecular weight excluding hydrogens is 271 g/mol. The average Bonchev–Trinajstić information content (AvgIpc) is 2.31. The Balaban J connectivity index is 2.01. The van der Waals surface area contributed by atoms with Gasteiger partial charge in [-0.2, -0.15) is 8.78 Å². The molecule has 6 heteroatoms. The second-order valence-corrected chi connectivity index (χ2v) is 5.09. The first-order chi connectivity index (χ1) is 9.44. The summed E-state index contributed by atoms with van der Waals surface area (Å²) in [6, 6.07) is 4.08. The van der Waals surface area contributed by atoms with Gasteiger partial charge in [-0.1, -0.05) is 0 Å². The van der Waals surface area contributed by atoms with Gasteiger partial charge in [0.25, 0.3) is 0 Å². The molecule has 1 saturated heterocycles. The Morgan fingerprint density at radius 1 is 1.25 bits per heavy atom. The van der Waals surface area contributed by atoms with Crippen LogP contribution < -0.4 is 10.1 Å². The summed E-state index contributed by atoms with van der Waals surface area (Å²) in [5.41, 5.74) is 0.551. The van der Waals surface area contributed by atoms with E-state index in [1.165, 1.54) is 18.2 Å². The summed E-state index contributed by atoms with van der Waals surface area (Å²) in [6.45, 7) is 0.954. The van der Waals surface area contributed by atoms with Crippen LogP contribution in [0.2, 0.25) is 0 Å². The van der Waals surface area contributed by atoms with Crippen LogP contribution >= 0.6 is 0 Å². The first kappa shape index (κ1) is 15.0. The number of nitrogens with one attached hydrogen (secondary N) is 1. The lowest BCUT2D eigenvalue weighted by atomic mass is 9.99. The van der Waals surface area contributed by atoms with E-state index in [1.54, 1.807) is 0 Å². The first-order valence-corrected chi connectivity index (χ1v) is 6.60. The van der Waals surface area contributed by atoms with Crippen LogP contribution in [-0.4, -0.2) is 24.9 Å². The van der Waals surface area contributed by atoms with Crippen molar-refractivity contribution in [3.63, 3.8) is 0 Å². The lowest BCUT2D eigenvalue weighted by Crippen LogP contribution is -2.36. The number of rotatable bonds is 4. The minimum atomic E-state index is -3.03. The number of halogens is 3. The fraction of sp³-hybridized carbons (Fsp3) is 0.571. The van der Waals surface area contributed by atoms with Crippen LogP contribution in [0.1, 0.15) is 26.7 Å². The number of hydrogen-bond acceptors (Lipinski definition) is 3. The van der Waals surface area contributed by atoms with Gasteiger partial charge in [0.15, 0.2) is 11.6 Å². The third-order valence-electron chi connectivity index (χ3n) is 3.22. The summed E-state index contributed by atoms with van der Waals surface area (Å²) in [7, 11) is 0. The van der Waals surface area contributed by atoms with Gasteiger partial charge in [0.05, 0.1) is 12.2 Å². The second-order valence-electron chi connectivity index (χ2n) is 5.09. The zero-order chi connectivity index (χ0) is 14.7. The van der Waals surface area contributed by atoms with Gasteiger partial charge in [-0.15, -0.1) is 0 Å². The van der Waals surface area contributed by atoms with E-state index in [9.17, 15) is 13.2 Å². The summed E-state index contributed by atoms with van der Waals surface area (Å²) in [5.74, 6) is -1.25. The summed E-state index contributed by atoms with van der Waals surface area (Å²) < 4.78 is 47.4. The van der Waals surface area contributed by atoms with Crippen molar-refractivity contribution in [1.82, 2.24) is 0 Å². The molecule has 0 aromatic heterocycles. The van der Waals surface area contributed by atoms with Crippen LogP contribution in [0.5, 0.6) is 5.75 Å². The monoisotopic (exact) mass is 289 g/mol. The molecule has 2 rings (SSSR count). The Bertz CT molecular complexity index is 446. The van der Waals surface area contributed by atoms with E-state index < -0.39 is 18.2 Å². The summed E-state index contributed by atoms with van der Waals surface area (Å²) >= 11 is 0. The maximum atomic E-state index is 13.6. The molecule has 1 aromatic rings. The highest BCUT2D eigenvalue weighted by atomic mass is 19.3. The van der Waals surface area contributed by atoms with E-state index in [1.807, 2.05) is 13.8 Å². The molecule has 112 valence electrons. The normalized spacial score (nSPS) is 26.6. The highest BCUT2D eigenvalue weighted by molar-refractivity contribution is 5.48. The van der Waals surface area contributed by atoms with Crippen molar-refractivity contribution in [2.24, 2.45) is 0 Å². The van der Waals surface area contributed by atoms with E-state index in [-0.39, 0.29) is 18.2 Å². The Hall–Kier alpha value is -1.43. The molecule has 0 radical (unpaired) electrons. The van der Waals surface area contributed by atoms with E-state index in [0.29, 0.717) is 5.69 Å². The van der Waals surface area contributed by atoms with Crippen LogP contribution in [-0.2, 0) is 4.74 Å². The van der Waals surface area contributed by atoms with Gasteiger partial charge in [0, 0.05) is 17.8 Å². The van der Waals surface area contributed by atoms with Crippen LogP contribution in [0, 0.1) is 5.82 Å². The van der Waals surface area contributed by atoms with E-state index in [0.717, 1.165) is 12.8 Å². The number of hydrogen-bond donors (Lipinski definition) is 1. The van der Waals surface area contributed by atoms with Crippen molar-refractivity contribution in [3.05, 3.63) is 24.0 Å². The molecule has 1 N–H and O–H groups in total. The van der Waals surface area contributed by atoms with Gasteiger partial charge in [0.1, 0.15) is 0 Å². The van der Waals surface area contributed by atoms with Crippen molar-refractivity contribution >= 4 is 5.69 Å². The quantitative estimate of drug-likeness (QED) is 0.914. The van der Waals surface area contributed by atoms with Gasteiger partial charge >= 0.3 is 6.61 Å². The van der Waals surface area contributed by atoms with Gasteiger partial charge in [-0.3, -0.25) is 0 Å². The molecule has 1 aliphatic heterocycles. The van der Waals surface area contributed by atoms with Crippen molar-refractivity contribution in [2.75, 3.05) is 5.32 Å². The molecule has 0 bridgehead atoms. The average molecular weight is 289 g/mol. The molecule has 1 heterocycles. The maximum absolute atomic E-state index is 13.6. The Morgan fingerprint density at radius 3 is 2.45 bits per heavy atom. The summed E-state index contributed by atoms with van der Waals surface area (Å²) in [4.78, 5) is 0. The molecule has 1 aliphatic rings. The Kier molecular flexibility index (Phi) is 4.75. The highest BCUT2D eigenvalue weighted by Gasteiger charge is 2.24. The lowest BCUT2D eigenvalue weighted by molar-refractivity contribution is -0.0522. The number of benzene rings is 1. The molecule has 3 nitrogen and oxygen atoms in total. The van der Waals surface area contributed by atoms with Gasteiger partial charge in [-0.25, -0.2) is 4.39 Å². The fourth-order valence-corrected chi connectivity index (χ4v) is 2.54. The predicted octanol–water partition coefficient (Wildman–Crippen LogP) is 3.80. The Labute approximate surface area is 116 Å². The van der Waals surface area contributed by atoms with E-state index in [2.05, 4.69) is 10.1 Å². The van der Waals surface area contributed by atoms with Crippen molar-refractivity contribution in [2.45, 2.75) is 51.6 Å². The van der Waals surface area contributed by atoms with Crippen LogP contribution in [0.4, 0.5) is 18.9 Å². The molecule has 0 amide bonds. The molecule has 0 spiro atoms. The molecular formula is C14H18F3NO2. The molecule has 1 fully saturated rings. The largest absolute Gasteiger partial charge is 0.432 e. The standard InChI is InChI=1S/C14H18F3NO2/c1-8-5-11(6-9(2)19-8)18-10-3-4-13(12(15)7-10)20-14(16)17/h3-4,7-9,11,14,18H,5-6H2,1-2H3. The van der Waals surface area contributed by atoms with Gasteiger partial charge in [-0.05, 0) is 38.8 Å². The van der Waals surface area contributed by atoms with Crippen LogP contribution in [0.25, 0.3) is 0 Å². The third kappa shape index (κ3) is 4.03. The van der Waals surface area contributed by atoms with Crippen molar-refractivity contribution < 1.29 is 22.6 Å². The molecule has 2 unspecified atom stereocenters. The number of alkyl halides is 2. The lowest BCUT2D eigenvalue weighted by Gasteiger charge is -2.33. The summed E-state index contributed by atoms with van der Waals surface area (Å²) in [5, 5.41) is 3.20. The molecule has 1 aromatic carbocycles. The van der Waals surface area contributed by atoms with E-state index >= 15 is 0 Å². The fourth-order valence-electron chi connectivity index (χ4n) is 2.54. The minimum Gasteiger partial charge on any atom is -0.432 e. The maximum Gasteiger partial charge on any atom is 0.387 e. The van der Waals surface area contributed by atoms with Crippen molar-refractivity contribution in [1.29, 1.82) is 0 Å². The second kappa shape index (κ2) is 6.35. The number of ether oxygens (including phenoxy) is 2. The topological polar surface area (TPSA) is 30.5 Å². The summed E-state index contributed by atoms with van der Waals surface area (Å²) in [6.07, 6.45) is 1.92. The molecule has 2 atom stereocenters. The Morgan fingerprint density at radius 2 is 1.90 bits per heavy atom. The first-order valence-electron chi connectivity index (χ1n) is 6.60. The van der Waals surface area contributed by atoms with E-state index in [4.69, 9.17) is 4.74 Å². The zero-order valence-corrected chi connectivity index (χ0v) is 11.4. The third-order valence-corrected chi connectivity index (χ3v) is 3.22. The zero-order valence-electron chi connectivity index (χ0n) is 11.4. The van der Waals surface area contributed by atoms with Gasteiger partial charge < -0.3 is 14.8 Å². The van der Waals surface area contributed by atoms with Crippen LogP contribution in [0.15, 0.2) is 18.2 Å². The molecule has 20 heavy (non-hydrogen) atoms. The SMILES string of the molecule is CC1CC(Nc2ccc(OC(F)F)c(F)c2)CC(C)O1. The number of anilines is 1. The van der Waals surface area contributed by atoms with Gasteiger partial charge in [0.2, 0.25) is 0 Å². The highest BCUT2D eigenvalue weighted by Crippen LogP contribution is 2.26. The smallest absolute Gasteiger partial charge is 0.387 e. The molecule has 0 aliphatic carbocycles. The predicted molar refractivity (Wildman–Crippen MR) is 69.7 cm³/mol.